The summed E-state index contributed by atoms with van der Waals surface area (Å²) in [7, 11) is 5.16. The number of anilines is 1. The first-order valence-corrected chi connectivity index (χ1v) is 15.7. The number of aromatic nitrogens is 4. The molecule has 44 heavy (non-hydrogen) atoms. The zero-order valence-corrected chi connectivity index (χ0v) is 27.0. The molecule has 2 N–H and O–H groups in total. The molecule has 4 rings (SSSR count). The number of imidazole rings is 1. The number of hydrogen-bond donors (Lipinski definition) is 1. The lowest BCUT2D eigenvalue weighted by atomic mass is 9.90. The van der Waals surface area contributed by atoms with Crippen molar-refractivity contribution in [1.82, 2.24) is 29.3 Å². The topological polar surface area (TPSA) is 130 Å². The van der Waals surface area contributed by atoms with Crippen LogP contribution in [0.4, 0.5) is 5.82 Å². The number of likely N-dealkylation sites (tertiary alicyclic amines) is 1. The number of nitrogens with two attached hydrogens (primary N) is 1. The maximum Gasteiger partial charge on any atom is 0.320 e. The molecule has 12 heteroatoms. The predicted octanol–water partition coefficient (Wildman–Crippen LogP) is 3.99. The lowest BCUT2D eigenvalue weighted by Gasteiger charge is -2.35. The van der Waals surface area contributed by atoms with Crippen LogP contribution in [0.1, 0.15) is 57.6 Å². The van der Waals surface area contributed by atoms with Gasteiger partial charge in [0.2, 0.25) is 0 Å². The third-order valence-corrected chi connectivity index (χ3v) is 8.38. The molecular formula is C32H49N7O5. The van der Waals surface area contributed by atoms with Crippen LogP contribution in [0.25, 0.3) is 11.2 Å². The van der Waals surface area contributed by atoms with Gasteiger partial charge in [0.1, 0.15) is 12.4 Å². The monoisotopic (exact) mass is 611 g/mol. The van der Waals surface area contributed by atoms with E-state index in [-0.39, 0.29) is 24.4 Å². The molecule has 1 atom stereocenters. The molecule has 3 heterocycles. The fraction of sp³-hybridized carbons (Fsp3) is 0.625. The summed E-state index contributed by atoms with van der Waals surface area (Å²) < 4.78 is 24.2. The number of carbonyl (C=O) groups excluding carboxylic acids is 1. The van der Waals surface area contributed by atoms with Crippen molar-refractivity contribution < 1.29 is 23.7 Å². The number of methoxy groups -OCH3 is 2. The van der Waals surface area contributed by atoms with Crippen LogP contribution in [-0.2, 0) is 16.0 Å². The van der Waals surface area contributed by atoms with Crippen LogP contribution >= 0.6 is 0 Å². The number of unbranched alkanes of at least 4 members (excludes halogenated alkanes) is 1. The van der Waals surface area contributed by atoms with E-state index in [1.54, 1.807) is 7.11 Å². The number of nitrogen functional groups attached to an aromatic ring is 1. The zero-order chi connectivity index (χ0) is 31.5. The van der Waals surface area contributed by atoms with Crippen molar-refractivity contribution in [3.63, 3.8) is 0 Å². The van der Waals surface area contributed by atoms with Gasteiger partial charge in [-0.15, -0.1) is 0 Å². The molecule has 0 amide bonds. The molecule has 0 bridgehead atoms. The minimum atomic E-state index is -0.254. The highest BCUT2D eigenvalue weighted by molar-refractivity contribution is 5.83. The van der Waals surface area contributed by atoms with Crippen LogP contribution in [0.15, 0.2) is 24.3 Å². The van der Waals surface area contributed by atoms with Gasteiger partial charge in [0.05, 0.1) is 27.2 Å². The molecule has 1 aliphatic heterocycles. The molecule has 12 nitrogen and oxygen atoms in total. The molecule has 0 saturated carbocycles. The Morgan fingerprint density at radius 1 is 1.09 bits per heavy atom. The van der Waals surface area contributed by atoms with E-state index in [1.807, 2.05) is 24.3 Å². The van der Waals surface area contributed by atoms with E-state index in [2.05, 4.69) is 50.2 Å². The van der Waals surface area contributed by atoms with E-state index in [1.165, 1.54) is 7.11 Å². The van der Waals surface area contributed by atoms with Crippen LogP contribution < -0.4 is 19.9 Å². The number of ether oxygens (including phenoxy) is 4. The van der Waals surface area contributed by atoms with Crippen LogP contribution in [-0.4, -0.2) is 102 Å². The number of hydrogen-bond acceptors (Lipinski definition) is 11. The van der Waals surface area contributed by atoms with E-state index >= 15 is 0 Å². The van der Waals surface area contributed by atoms with Gasteiger partial charge in [-0.3, -0.25) is 9.36 Å². The maximum absolute atomic E-state index is 11.5. The SMILES string of the molecule is CCCCOc1nc(N)c2nc(OC)n(C(C)C3CCN(CCCN(C)CCOc4cccc(CC(=O)OC)c4)CC3)c2n1. The fourth-order valence-electron chi connectivity index (χ4n) is 5.69. The fourth-order valence-corrected chi connectivity index (χ4v) is 5.69. The van der Waals surface area contributed by atoms with Crippen LogP contribution in [0, 0.1) is 5.92 Å². The Morgan fingerprint density at radius 2 is 1.89 bits per heavy atom. The second kappa shape index (κ2) is 16.4. The van der Waals surface area contributed by atoms with Crippen LogP contribution in [0.3, 0.4) is 0 Å². The van der Waals surface area contributed by atoms with Crippen LogP contribution in [0.2, 0.25) is 0 Å². The molecular weight excluding hydrogens is 562 g/mol. The van der Waals surface area contributed by atoms with Gasteiger partial charge in [-0.05, 0) is 89.4 Å². The van der Waals surface area contributed by atoms with Gasteiger partial charge in [-0.2, -0.15) is 15.0 Å². The van der Waals surface area contributed by atoms with Gasteiger partial charge in [0.15, 0.2) is 17.0 Å². The quantitative estimate of drug-likeness (QED) is 0.176. The Labute approximate surface area is 260 Å². The number of fused-ring (bicyclic) bond motifs is 1. The smallest absolute Gasteiger partial charge is 0.320 e. The van der Waals surface area contributed by atoms with Gasteiger partial charge in [0.25, 0.3) is 6.01 Å². The average Bonchev–Trinajstić information content (AvgIpc) is 3.40. The minimum absolute atomic E-state index is 0.141. The number of likely N-dealkylation sites (N-methyl/N-ethyl adjacent to an activating group) is 1. The van der Waals surface area contributed by atoms with Crippen molar-refractivity contribution in [1.29, 1.82) is 0 Å². The highest BCUT2D eigenvalue weighted by Crippen LogP contribution is 2.35. The second-order valence-electron chi connectivity index (χ2n) is 11.6. The first-order valence-electron chi connectivity index (χ1n) is 15.7. The zero-order valence-electron chi connectivity index (χ0n) is 27.0. The van der Waals surface area contributed by atoms with Crippen molar-refractivity contribution in [2.24, 2.45) is 5.92 Å². The summed E-state index contributed by atoms with van der Waals surface area (Å²) >= 11 is 0. The minimum Gasteiger partial charge on any atom is -0.492 e. The Bertz CT molecular complexity index is 1340. The van der Waals surface area contributed by atoms with E-state index in [0.29, 0.717) is 42.1 Å². The Hall–Kier alpha value is -3.64. The average molecular weight is 612 g/mol. The molecule has 0 spiro atoms. The molecule has 242 valence electrons. The van der Waals surface area contributed by atoms with Gasteiger partial charge < -0.3 is 34.5 Å². The molecule has 1 aromatic carbocycles. The molecule has 3 aromatic rings. The van der Waals surface area contributed by atoms with Crippen molar-refractivity contribution in [2.45, 2.75) is 58.4 Å². The van der Waals surface area contributed by atoms with Gasteiger partial charge >= 0.3 is 12.0 Å². The van der Waals surface area contributed by atoms with Crippen LogP contribution in [0.5, 0.6) is 17.8 Å². The summed E-state index contributed by atoms with van der Waals surface area (Å²) in [6.07, 6.45) is 5.48. The normalized spacial score (nSPS) is 15.0. The summed E-state index contributed by atoms with van der Waals surface area (Å²) in [5.74, 6) is 1.29. The number of benzene rings is 1. The first-order chi connectivity index (χ1) is 21.3. The summed E-state index contributed by atoms with van der Waals surface area (Å²) in [4.78, 5) is 30.0. The van der Waals surface area contributed by atoms with Crippen molar-refractivity contribution in [2.75, 3.05) is 72.9 Å². The third kappa shape index (κ3) is 8.95. The number of piperidine rings is 1. The molecule has 2 aromatic heterocycles. The van der Waals surface area contributed by atoms with Gasteiger partial charge in [-0.25, -0.2) is 0 Å². The number of rotatable bonds is 17. The second-order valence-corrected chi connectivity index (χ2v) is 11.6. The molecule has 0 radical (unpaired) electrons. The summed E-state index contributed by atoms with van der Waals surface area (Å²) in [6.45, 7) is 10.5. The standard InChI is InChI=1S/C32H49N7O5/c1-6-7-19-44-31-35-29(33)28-30(36-31)39(32(34-28)42-5)23(2)25-12-16-38(17-13-25)15-9-14-37(3)18-20-43-26-11-8-10-24(21-26)22-27(40)41-4/h8,10-11,21,23,25H,6-7,9,12-20,22H2,1-5H3,(H2,33,35,36). The largest absolute Gasteiger partial charge is 0.492 e. The molecule has 1 saturated heterocycles. The van der Waals surface area contributed by atoms with Crippen molar-refractivity contribution >= 4 is 23.0 Å². The lowest BCUT2D eigenvalue weighted by Crippen LogP contribution is -2.38. The van der Waals surface area contributed by atoms with E-state index < -0.39 is 0 Å². The van der Waals surface area contributed by atoms with Gasteiger partial charge in [0, 0.05) is 12.6 Å². The predicted molar refractivity (Wildman–Crippen MR) is 170 cm³/mol. The third-order valence-electron chi connectivity index (χ3n) is 8.38. The summed E-state index contributed by atoms with van der Waals surface area (Å²) in [5, 5.41) is 0. The Morgan fingerprint density at radius 3 is 2.61 bits per heavy atom. The number of esters is 1. The van der Waals surface area contributed by atoms with Gasteiger partial charge in [-0.1, -0.05) is 25.5 Å². The Kier molecular flexibility index (Phi) is 12.4. The number of nitrogens with zero attached hydrogens (tertiary/aromatic N) is 6. The lowest BCUT2D eigenvalue weighted by molar-refractivity contribution is -0.139. The summed E-state index contributed by atoms with van der Waals surface area (Å²) in [5.41, 5.74) is 8.35. The maximum atomic E-state index is 11.5. The highest BCUT2D eigenvalue weighted by Gasteiger charge is 2.29. The Balaban J connectivity index is 1.21. The highest BCUT2D eigenvalue weighted by atomic mass is 16.5. The number of carbonyl (C=O) groups is 1. The van der Waals surface area contributed by atoms with Crippen molar-refractivity contribution in [3.05, 3.63) is 29.8 Å². The van der Waals surface area contributed by atoms with Crippen molar-refractivity contribution in [3.8, 4) is 17.8 Å². The van der Waals surface area contributed by atoms with E-state index in [0.717, 1.165) is 76.1 Å². The van der Waals surface area contributed by atoms with E-state index in [4.69, 9.17) is 24.7 Å². The molecule has 0 aliphatic carbocycles. The van der Waals surface area contributed by atoms with E-state index in [9.17, 15) is 4.79 Å². The summed E-state index contributed by atoms with van der Waals surface area (Å²) in [6, 6.07) is 8.55. The molecule has 1 unspecified atom stereocenters. The first kappa shape index (κ1) is 33.3. The molecule has 1 fully saturated rings. The molecule has 1 aliphatic rings.